The van der Waals surface area contributed by atoms with Crippen molar-refractivity contribution in [3.8, 4) is 5.75 Å². The lowest BCUT2D eigenvalue weighted by Gasteiger charge is -2.11. The van der Waals surface area contributed by atoms with E-state index in [9.17, 15) is 9.59 Å². The van der Waals surface area contributed by atoms with Gasteiger partial charge in [-0.05, 0) is 24.1 Å². The third-order valence-corrected chi connectivity index (χ3v) is 3.83. The Kier molecular flexibility index (Phi) is 4.11. The number of halogens is 1. The largest absolute Gasteiger partial charge is 0.471 e. The second-order valence-corrected chi connectivity index (χ2v) is 5.49. The summed E-state index contributed by atoms with van der Waals surface area (Å²) in [6.07, 6.45) is -0.693. The Balaban J connectivity index is 1.73. The fourth-order valence-electron chi connectivity index (χ4n) is 2.41. The van der Waals surface area contributed by atoms with Crippen LogP contribution >= 0.6 is 11.6 Å². The number of Topliss-reactive ketones (excluding diaryl/α,β-unsaturated/α-hetero) is 1. The van der Waals surface area contributed by atoms with E-state index in [1.807, 2.05) is 30.3 Å². The summed E-state index contributed by atoms with van der Waals surface area (Å²) in [6.45, 7) is 0. The number of hydrogen-bond acceptors (Lipinski definition) is 3. The minimum absolute atomic E-state index is 0.270. The molecule has 112 valence electrons. The van der Waals surface area contributed by atoms with E-state index in [2.05, 4.69) is 5.32 Å². The molecule has 1 aliphatic heterocycles. The van der Waals surface area contributed by atoms with E-state index in [-0.39, 0.29) is 5.78 Å². The summed E-state index contributed by atoms with van der Waals surface area (Å²) in [5.41, 5.74) is 0.986. The topological polar surface area (TPSA) is 55.4 Å². The van der Waals surface area contributed by atoms with Gasteiger partial charge in [-0.15, -0.1) is 0 Å². The van der Waals surface area contributed by atoms with Crippen molar-refractivity contribution in [2.24, 2.45) is 0 Å². The van der Waals surface area contributed by atoms with Gasteiger partial charge in [-0.3, -0.25) is 9.59 Å². The lowest BCUT2D eigenvalue weighted by atomic mass is 10.0. The molecule has 2 atom stereocenters. The lowest BCUT2D eigenvalue weighted by Crippen LogP contribution is -2.32. The number of ketones is 1. The second kappa shape index (κ2) is 6.20. The number of para-hydroxylation sites is 1. The van der Waals surface area contributed by atoms with E-state index in [0.29, 0.717) is 17.2 Å². The van der Waals surface area contributed by atoms with Crippen molar-refractivity contribution in [2.45, 2.75) is 18.6 Å². The Hall–Kier alpha value is -2.33. The van der Waals surface area contributed by atoms with Gasteiger partial charge in [0.2, 0.25) is 11.9 Å². The predicted molar refractivity (Wildman–Crippen MR) is 83.0 cm³/mol. The minimum atomic E-state index is -1.14. The van der Waals surface area contributed by atoms with E-state index in [0.717, 1.165) is 5.56 Å². The highest BCUT2D eigenvalue weighted by molar-refractivity contribution is 6.32. The average molecular weight is 316 g/mol. The Morgan fingerprint density at radius 1 is 1.00 bits per heavy atom. The first kappa shape index (κ1) is 14.6. The highest BCUT2D eigenvalue weighted by Crippen LogP contribution is 2.26. The number of benzene rings is 2. The quantitative estimate of drug-likeness (QED) is 0.881. The Labute approximate surface area is 133 Å². The smallest absolute Gasteiger partial charge is 0.269 e. The molecule has 3 rings (SSSR count). The van der Waals surface area contributed by atoms with Gasteiger partial charge in [0.05, 0.1) is 11.1 Å². The number of carbonyl (C=O) groups excluding carboxylic acids is 2. The summed E-state index contributed by atoms with van der Waals surface area (Å²) in [6, 6.07) is 15.7. The van der Waals surface area contributed by atoms with Gasteiger partial charge in [-0.25, -0.2) is 0 Å². The van der Waals surface area contributed by atoms with Gasteiger partial charge in [0.15, 0.2) is 0 Å². The summed E-state index contributed by atoms with van der Waals surface area (Å²) >= 11 is 6.00. The lowest BCUT2D eigenvalue weighted by molar-refractivity contribution is -0.131. The van der Waals surface area contributed by atoms with Crippen LogP contribution in [-0.4, -0.2) is 23.8 Å². The molecule has 2 aromatic carbocycles. The SMILES string of the molecule is O=C1NC(Cc2ccccc2)C(=O)C1Oc1ccccc1Cl. The van der Waals surface area contributed by atoms with Crippen LogP contribution in [0.1, 0.15) is 5.56 Å². The molecule has 2 aromatic rings. The van der Waals surface area contributed by atoms with E-state index >= 15 is 0 Å². The van der Waals surface area contributed by atoms with Crippen LogP contribution < -0.4 is 10.1 Å². The van der Waals surface area contributed by atoms with Gasteiger partial charge in [0.25, 0.3) is 5.91 Å². The molecule has 1 heterocycles. The Morgan fingerprint density at radius 3 is 2.41 bits per heavy atom. The van der Waals surface area contributed by atoms with Gasteiger partial charge in [0, 0.05) is 0 Å². The molecule has 5 heteroatoms. The molecule has 4 nitrogen and oxygen atoms in total. The van der Waals surface area contributed by atoms with E-state index < -0.39 is 18.1 Å². The molecular weight excluding hydrogens is 302 g/mol. The molecule has 0 spiro atoms. The predicted octanol–water partition coefficient (Wildman–Crippen LogP) is 2.40. The van der Waals surface area contributed by atoms with Crippen LogP contribution in [0.25, 0.3) is 0 Å². The molecule has 0 aliphatic carbocycles. The first-order valence-corrected chi connectivity index (χ1v) is 7.32. The number of rotatable bonds is 4. The zero-order chi connectivity index (χ0) is 15.5. The van der Waals surface area contributed by atoms with Crippen molar-refractivity contribution < 1.29 is 14.3 Å². The van der Waals surface area contributed by atoms with Crippen molar-refractivity contribution in [1.29, 1.82) is 0 Å². The molecule has 0 bridgehead atoms. The van der Waals surface area contributed by atoms with Crippen molar-refractivity contribution >= 4 is 23.3 Å². The summed E-state index contributed by atoms with van der Waals surface area (Å²) < 4.78 is 5.51. The Morgan fingerprint density at radius 2 is 1.68 bits per heavy atom. The van der Waals surface area contributed by atoms with Gasteiger partial charge in [0.1, 0.15) is 5.75 Å². The standard InChI is InChI=1S/C17H14ClNO3/c18-12-8-4-5-9-14(12)22-16-15(20)13(19-17(16)21)10-11-6-2-1-3-7-11/h1-9,13,16H,10H2,(H,19,21). The number of carbonyl (C=O) groups is 2. The third-order valence-electron chi connectivity index (χ3n) is 3.52. The molecule has 22 heavy (non-hydrogen) atoms. The molecule has 2 unspecified atom stereocenters. The monoisotopic (exact) mass is 315 g/mol. The molecule has 1 saturated heterocycles. The van der Waals surface area contributed by atoms with Gasteiger partial charge >= 0.3 is 0 Å². The van der Waals surface area contributed by atoms with Crippen LogP contribution in [0.5, 0.6) is 5.75 Å². The summed E-state index contributed by atoms with van der Waals surface area (Å²) in [7, 11) is 0. The van der Waals surface area contributed by atoms with Crippen molar-refractivity contribution in [3.63, 3.8) is 0 Å². The van der Waals surface area contributed by atoms with Crippen LogP contribution in [0.3, 0.4) is 0 Å². The summed E-state index contributed by atoms with van der Waals surface area (Å²) in [4.78, 5) is 24.4. The van der Waals surface area contributed by atoms with E-state index in [1.54, 1.807) is 24.3 Å². The van der Waals surface area contributed by atoms with Crippen molar-refractivity contribution in [3.05, 3.63) is 65.2 Å². The molecule has 0 radical (unpaired) electrons. The molecule has 1 aliphatic rings. The van der Waals surface area contributed by atoms with Gasteiger partial charge in [-0.2, -0.15) is 0 Å². The second-order valence-electron chi connectivity index (χ2n) is 5.08. The van der Waals surface area contributed by atoms with Gasteiger partial charge < -0.3 is 10.1 Å². The molecular formula is C17H14ClNO3. The highest BCUT2D eigenvalue weighted by atomic mass is 35.5. The fraction of sp³-hybridized carbons (Fsp3) is 0.176. The Bertz CT molecular complexity index is 702. The van der Waals surface area contributed by atoms with Crippen LogP contribution in [0.2, 0.25) is 5.02 Å². The maximum Gasteiger partial charge on any atom is 0.269 e. The van der Waals surface area contributed by atoms with E-state index in [4.69, 9.17) is 16.3 Å². The third kappa shape index (κ3) is 2.97. The zero-order valence-electron chi connectivity index (χ0n) is 11.7. The summed E-state index contributed by atoms with van der Waals surface area (Å²) in [5.74, 6) is -0.363. The molecule has 1 amide bonds. The minimum Gasteiger partial charge on any atom is -0.471 e. The van der Waals surface area contributed by atoms with Gasteiger partial charge in [-0.1, -0.05) is 54.1 Å². The average Bonchev–Trinajstić information content (AvgIpc) is 2.78. The number of amides is 1. The fourth-order valence-corrected chi connectivity index (χ4v) is 2.59. The number of hydrogen-bond donors (Lipinski definition) is 1. The highest BCUT2D eigenvalue weighted by Gasteiger charge is 2.42. The summed E-state index contributed by atoms with van der Waals surface area (Å²) in [5, 5.41) is 3.06. The van der Waals surface area contributed by atoms with Crippen molar-refractivity contribution in [1.82, 2.24) is 5.32 Å². The van der Waals surface area contributed by atoms with E-state index in [1.165, 1.54) is 0 Å². The number of ether oxygens (including phenoxy) is 1. The van der Waals surface area contributed by atoms with Crippen LogP contribution in [0, 0.1) is 0 Å². The van der Waals surface area contributed by atoms with Crippen LogP contribution in [0.15, 0.2) is 54.6 Å². The van der Waals surface area contributed by atoms with Crippen molar-refractivity contribution in [2.75, 3.05) is 0 Å². The maximum atomic E-state index is 12.4. The normalized spacial score (nSPS) is 20.8. The number of nitrogens with one attached hydrogen (secondary N) is 1. The first-order valence-electron chi connectivity index (χ1n) is 6.94. The van der Waals surface area contributed by atoms with Crippen LogP contribution in [-0.2, 0) is 16.0 Å². The maximum absolute atomic E-state index is 12.4. The van der Waals surface area contributed by atoms with Crippen LogP contribution in [0.4, 0.5) is 0 Å². The molecule has 0 saturated carbocycles. The molecule has 0 aromatic heterocycles. The first-order chi connectivity index (χ1) is 10.6. The zero-order valence-corrected chi connectivity index (χ0v) is 12.4. The molecule has 1 fully saturated rings. The molecule has 1 N–H and O–H groups in total.